The van der Waals surface area contributed by atoms with Crippen LogP contribution < -0.4 is 0 Å². The summed E-state index contributed by atoms with van der Waals surface area (Å²) in [7, 11) is 0. The SMILES string of the molecule is CC(C)N1C[C@@H](O)C[C@H]1c1nnc2n1CCN(C1CCOCC1)C2. The summed E-state index contributed by atoms with van der Waals surface area (Å²) >= 11 is 0. The van der Waals surface area contributed by atoms with Crippen LogP contribution in [0.2, 0.25) is 0 Å². The van der Waals surface area contributed by atoms with Crippen LogP contribution in [0.1, 0.15) is 50.8 Å². The summed E-state index contributed by atoms with van der Waals surface area (Å²) in [6.45, 7) is 9.75. The second-order valence-corrected chi connectivity index (χ2v) is 7.64. The summed E-state index contributed by atoms with van der Waals surface area (Å²) in [6, 6.07) is 1.21. The van der Waals surface area contributed by atoms with Gasteiger partial charge in [-0.25, -0.2) is 0 Å². The molecule has 4 rings (SSSR count). The van der Waals surface area contributed by atoms with E-state index in [0.717, 1.165) is 70.3 Å². The average molecular weight is 335 g/mol. The maximum Gasteiger partial charge on any atom is 0.150 e. The van der Waals surface area contributed by atoms with Crippen LogP contribution in [0.5, 0.6) is 0 Å². The van der Waals surface area contributed by atoms with Crippen LogP contribution in [0.4, 0.5) is 0 Å². The molecule has 0 amide bonds. The smallest absolute Gasteiger partial charge is 0.150 e. The summed E-state index contributed by atoms with van der Waals surface area (Å²) in [5.74, 6) is 2.12. The van der Waals surface area contributed by atoms with Crippen LogP contribution in [0, 0.1) is 0 Å². The number of nitrogens with zero attached hydrogens (tertiary/aromatic N) is 5. The van der Waals surface area contributed by atoms with Gasteiger partial charge in [0.1, 0.15) is 5.82 Å². The van der Waals surface area contributed by atoms with Crippen LogP contribution in [0.25, 0.3) is 0 Å². The van der Waals surface area contributed by atoms with Gasteiger partial charge in [-0.05, 0) is 33.1 Å². The van der Waals surface area contributed by atoms with Crippen molar-refractivity contribution >= 4 is 0 Å². The lowest BCUT2D eigenvalue weighted by Gasteiger charge is -2.37. The van der Waals surface area contributed by atoms with E-state index >= 15 is 0 Å². The standard InChI is InChI=1S/C17H29N5O2/c1-12(2)22-10-14(23)9-15(22)17-19-18-16-11-20(5-6-21(16)17)13-3-7-24-8-4-13/h12-15,23H,3-11H2,1-2H3/t14-,15-/m0/s1. The third-order valence-corrected chi connectivity index (χ3v) is 5.80. The van der Waals surface area contributed by atoms with E-state index in [0.29, 0.717) is 12.1 Å². The number of fused-ring (bicyclic) bond motifs is 1. The zero-order chi connectivity index (χ0) is 16.7. The lowest BCUT2D eigenvalue weighted by atomic mass is 10.1. The molecule has 3 aliphatic heterocycles. The molecule has 0 radical (unpaired) electrons. The number of likely N-dealkylation sites (tertiary alicyclic amines) is 1. The topological polar surface area (TPSA) is 66.7 Å². The van der Waals surface area contributed by atoms with Crippen molar-refractivity contribution in [1.29, 1.82) is 0 Å². The van der Waals surface area contributed by atoms with Gasteiger partial charge in [0.2, 0.25) is 0 Å². The predicted molar refractivity (Wildman–Crippen MR) is 89.5 cm³/mol. The first kappa shape index (κ1) is 16.4. The Kier molecular flexibility index (Phi) is 4.60. The van der Waals surface area contributed by atoms with E-state index in [1.165, 1.54) is 0 Å². The summed E-state index contributed by atoms with van der Waals surface area (Å²) in [5, 5.41) is 19.1. The van der Waals surface area contributed by atoms with E-state index in [-0.39, 0.29) is 12.1 Å². The highest BCUT2D eigenvalue weighted by molar-refractivity contribution is 5.08. The first-order valence-electron chi connectivity index (χ1n) is 9.31. The van der Waals surface area contributed by atoms with E-state index in [9.17, 15) is 5.11 Å². The van der Waals surface area contributed by atoms with Crippen LogP contribution >= 0.6 is 0 Å². The van der Waals surface area contributed by atoms with Gasteiger partial charge >= 0.3 is 0 Å². The third kappa shape index (κ3) is 2.98. The number of β-amino-alcohol motifs (C(OH)–C–C–N with tert-alkyl or cyclic N) is 1. The Morgan fingerprint density at radius 2 is 1.96 bits per heavy atom. The van der Waals surface area contributed by atoms with Crippen molar-refractivity contribution in [1.82, 2.24) is 24.6 Å². The van der Waals surface area contributed by atoms with E-state index in [2.05, 4.69) is 38.4 Å². The number of rotatable bonds is 3. The van der Waals surface area contributed by atoms with Gasteiger partial charge in [-0.1, -0.05) is 0 Å². The highest BCUT2D eigenvalue weighted by Gasteiger charge is 2.38. The molecule has 1 aromatic heterocycles. The highest BCUT2D eigenvalue weighted by Crippen LogP contribution is 2.34. The maximum absolute atomic E-state index is 10.1. The molecule has 2 fully saturated rings. The Morgan fingerprint density at radius 3 is 2.71 bits per heavy atom. The average Bonchev–Trinajstić information content (AvgIpc) is 3.18. The van der Waals surface area contributed by atoms with Gasteiger partial charge in [0.15, 0.2) is 5.82 Å². The van der Waals surface area contributed by atoms with Crippen LogP contribution in [-0.4, -0.2) is 74.2 Å². The molecule has 1 aromatic rings. The fourth-order valence-electron chi connectivity index (χ4n) is 4.47. The van der Waals surface area contributed by atoms with Gasteiger partial charge in [0.05, 0.1) is 18.7 Å². The fourth-order valence-corrected chi connectivity index (χ4v) is 4.47. The normalized spacial score (nSPS) is 30.2. The Hall–Kier alpha value is -1.02. The molecule has 2 atom stereocenters. The molecule has 0 spiro atoms. The summed E-state index contributed by atoms with van der Waals surface area (Å²) in [5.41, 5.74) is 0. The summed E-state index contributed by atoms with van der Waals surface area (Å²) in [6.07, 6.45) is 2.75. The molecule has 0 aromatic carbocycles. The highest BCUT2D eigenvalue weighted by atomic mass is 16.5. The molecule has 4 heterocycles. The minimum absolute atomic E-state index is 0.191. The second-order valence-electron chi connectivity index (χ2n) is 7.64. The molecular weight excluding hydrogens is 306 g/mol. The van der Waals surface area contributed by atoms with Crippen molar-refractivity contribution in [2.45, 2.75) is 70.4 Å². The van der Waals surface area contributed by atoms with Gasteiger partial charge in [-0.3, -0.25) is 9.80 Å². The maximum atomic E-state index is 10.1. The minimum atomic E-state index is -0.257. The molecule has 3 aliphatic rings. The number of ether oxygens (including phenoxy) is 1. The Morgan fingerprint density at radius 1 is 1.17 bits per heavy atom. The van der Waals surface area contributed by atoms with Gasteiger partial charge in [-0.2, -0.15) is 0 Å². The predicted octanol–water partition coefficient (Wildman–Crippen LogP) is 0.789. The Labute approximate surface area is 143 Å². The molecule has 0 aliphatic carbocycles. The van der Waals surface area contributed by atoms with Crippen molar-refractivity contribution in [3.8, 4) is 0 Å². The van der Waals surface area contributed by atoms with Gasteiger partial charge in [0.25, 0.3) is 0 Å². The molecule has 134 valence electrons. The lowest BCUT2D eigenvalue weighted by molar-refractivity contribution is 0.0230. The zero-order valence-electron chi connectivity index (χ0n) is 14.8. The monoisotopic (exact) mass is 335 g/mol. The van der Waals surface area contributed by atoms with Gasteiger partial charge in [-0.15, -0.1) is 10.2 Å². The molecule has 0 saturated carbocycles. The van der Waals surface area contributed by atoms with Crippen molar-refractivity contribution in [3.63, 3.8) is 0 Å². The van der Waals surface area contributed by atoms with Crippen LogP contribution in [-0.2, 0) is 17.8 Å². The summed E-state index contributed by atoms with van der Waals surface area (Å²) in [4.78, 5) is 4.90. The fraction of sp³-hybridized carbons (Fsp3) is 0.882. The summed E-state index contributed by atoms with van der Waals surface area (Å²) < 4.78 is 7.79. The van der Waals surface area contributed by atoms with Crippen molar-refractivity contribution < 1.29 is 9.84 Å². The molecule has 0 bridgehead atoms. The van der Waals surface area contributed by atoms with Gasteiger partial charge < -0.3 is 14.4 Å². The first-order chi connectivity index (χ1) is 11.6. The van der Waals surface area contributed by atoms with Gasteiger partial charge in [0, 0.05) is 44.9 Å². The first-order valence-corrected chi connectivity index (χ1v) is 9.31. The molecule has 0 unspecified atom stereocenters. The number of aliphatic hydroxyl groups is 1. The third-order valence-electron chi connectivity index (χ3n) is 5.80. The van der Waals surface area contributed by atoms with Crippen molar-refractivity contribution in [2.24, 2.45) is 0 Å². The molecule has 2 saturated heterocycles. The van der Waals surface area contributed by atoms with E-state index in [1.807, 2.05) is 0 Å². The molecular formula is C17H29N5O2. The number of hydrogen-bond donors (Lipinski definition) is 1. The van der Waals surface area contributed by atoms with Crippen LogP contribution in [0.15, 0.2) is 0 Å². The molecule has 7 heteroatoms. The van der Waals surface area contributed by atoms with Crippen molar-refractivity contribution in [2.75, 3.05) is 26.3 Å². The van der Waals surface area contributed by atoms with E-state index < -0.39 is 0 Å². The van der Waals surface area contributed by atoms with Crippen molar-refractivity contribution in [3.05, 3.63) is 11.6 Å². The minimum Gasteiger partial charge on any atom is -0.392 e. The molecule has 7 nitrogen and oxygen atoms in total. The molecule has 1 N–H and O–H groups in total. The largest absolute Gasteiger partial charge is 0.392 e. The zero-order valence-corrected chi connectivity index (χ0v) is 14.8. The van der Waals surface area contributed by atoms with E-state index in [1.54, 1.807) is 0 Å². The molecule has 24 heavy (non-hydrogen) atoms. The Balaban J connectivity index is 1.52. The lowest BCUT2D eigenvalue weighted by Crippen LogP contribution is -2.44. The van der Waals surface area contributed by atoms with E-state index in [4.69, 9.17) is 4.74 Å². The number of aromatic nitrogens is 3. The van der Waals surface area contributed by atoms with Crippen LogP contribution in [0.3, 0.4) is 0 Å². The number of hydrogen-bond acceptors (Lipinski definition) is 6. The quantitative estimate of drug-likeness (QED) is 0.881. The Bertz CT molecular complexity index is 569. The number of aliphatic hydroxyl groups excluding tert-OH is 1. The second kappa shape index (κ2) is 6.71.